The molecule has 4 heteroatoms. The van der Waals surface area contributed by atoms with Crippen LogP contribution in [-0.4, -0.2) is 37.0 Å². The zero-order valence-corrected chi connectivity index (χ0v) is 14.1. The maximum Gasteiger partial charge on any atom is 0.225 e. The smallest absolute Gasteiger partial charge is 0.225 e. The molecule has 1 amide bonds. The van der Waals surface area contributed by atoms with Gasteiger partial charge in [0.05, 0.1) is 0 Å². The van der Waals surface area contributed by atoms with E-state index in [1.807, 2.05) is 0 Å². The Kier molecular flexibility index (Phi) is 6.27. The van der Waals surface area contributed by atoms with Gasteiger partial charge in [0.2, 0.25) is 5.91 Å². The van der Waals surface area contributed by atoms with Gasteiger partial charge in [-0.15, -0.1) is 12.4 Å². The molecule has 0 bridgehead atoms. The van der Waals surface area contributed by atoms with Gasteiger partial charge in [-0.05, 0) is 49.8 Å². The van der Waals surface area contributed by atoms with Crippen LogP contribution < -0.4 is 5.32 Å². The summed E-state index contributed by atoms with van der Waals surface area (Å²) in [5, 5.41) is 3.27. The highest BCUT2D eigenvalue weighted by Crippen LogP contribution is 2.29. The van der Waals surface area contributed by atoms with Crippen LogP contribution in [0.2, 0.25) is 0 Å². The second kappa shape index (κ2) is 7.98. The van der Waals surface area contributed by atoms with E-state index < -0.39 is 0 Å². The fourth-order valence-corrected chi connectivity index (χ4v) is 3.53. The molecule has 1 aromatic carbocycles. The number of hydrogen-bond donors (Lipinski definition) is 1. The lowest BCUT2D eigenvalue weighted by Gasteiger charge is -2.34. The first kappa shape index (κ1) is 17.3. The molecule has 3 rings (SSSR count). The minimum Gasteiger partial charge on any atom is -0.342 e. The Labute approximate surface area is 139 Å². The third kappa shape index (κ3) is 3.82. The molecule has 122 valence electrons. The lowest BCUT2D eigenvalue weighted by Crippen LogP contribution is -2.50. The second-order valence-electron chi connectivity index (χ2n) is 6.57. The van der Waals surface area contributed by atoms with Crippen LogP contribution >= 0.6 is 12.4 Å². The minimum absolute atomic E-state index is 0. The molecule has 0 aliphatic carbocycles. The van der Waals surface area contributed by atoms with E-state index in [2.05, 4.69) is 47.5 Å². The van der Waals surface area contributed by atoms with E-state index in [0.29, 0.717) is 17.7 Å². The van der Waals surface area contributed by atoms with Gasteiger partial charge >= 0.3 is 0 Å². The second-order valence-corrected chi connectivity index (χ2v) is 6.57. The van der Waals surface area contributed by atoms with Gasteiger partial charge in [0.25, 0.3) is 0 Å². The largest absolute Gasteiger partial charge is 0.342 e. The van der Waals surface area contributed by atoms with E-state index in [9.17, 15) is 4.79 Å². The molecule has 22 heavy (non-hydrogen) atoms. The lowest BCUT2D eigenvalue weighted by atomic mass is 9.88. The van der Waals surface area contributed by atoms with Gasteiger partial charge in [-0.2, -0.15) is 0 Å². The Balaban J connectivity index is 0.00000176. The van der Waals surface area contributed by atoms with Crippen molar-refractivity contribution in [2.45, 2.75) is 32.1 Å². The minimum atomic E-state index is 0. The zero-order valence-electron chi connectivity index (χ0n) is 13.3. The predicted molar refractivity (Wildman–Crippen MR) is 92.4 cm³/mol. The fourth-order valence-electron chi connectivity index (χ4n) is 3.53. The lowest BCUT2D eigenvalue weighted by molar-refractivity contribution is -0.137. The molecule has 1 aromatic rings. The van der Waals surface area contributed by atoms with Gasteiger partial charge in [-0.3, -0.25) is 4.79 Å². The molecule has 2 saturated heterocycles. The molecule has 0 saturated carbocycles. The van der Waals surface area contributed by atoms with E-state index in [1.165, 1.54) is 12.0 Å². The Hall–Kier alpha value is -1.06. The number of benzene rings is 1. The molecule has 0 radical (unpaired) electrons. The van der Waals surface area contributed by atoms with E-state index in [1.54, 1.807) is 0 Å². The van der Waals surface area contributed by atoms with Crippen LogP contribution in [0.1, 0.15) is 37.7 Å². The van der Waals surface area contributed by atoms with Crippen LogP contribution in [0.4, 0.5) is 0 Å². The summed E-state index contributed by atoms with van der Waals surface area (Å²) in [6.45, 7) is 5.98. The summed E-state index contributed by atoms with van der Waals surface area (Å²) in [7, 11) is 0. The van der Waals surface area contributed by atoms with E-state index in [-0.39, 0.29) is 18.3 Å². The summed E-state index contributed by atoms with van der Waals surface area (Å²) in [6, 6.07) is 10.8. The maximum absolute atomic E-state index is 12.6. The van der Waals surface area contributed by atoms with Crippen molar-refractivity contribution in [3.05, 3.63) is 35.9 Å². The van der Waals surface area contributed by atoms with Crippen LogP contribution in [0.25, 0.3) is 0 Å². The maximum atomic E-state index is 12.6. The van der Waals surface area contributed by atoms with Crippen molar-refractivity contribution in [2.75, 3.05) is 26.2 Å². The van der Waals surface area contributed by atoms with Gasteiger partial charge in [0, 0.05) is 19.0 Å². The number of carbonyl (C=O) groups excluding carboxylic acids is 1. The normalized spacial score (nSPS) is 23.9. The number of rotatable bonds is 3. The van der Waals surface area contributed by atoms with Crippen molar-refractivity contribution in [1.82, 2.24) is 10.2 Å². The number of likely N-dealkylation sites (tertiary alicyclic amines) is 1. The van der Waals surface area contributed by atoms with E-state index in [0.717, 1.165) is 39.0 Å². The molecular formula is C18H27ClN2O. The molecule has 2 heterocycles. The van der Waals surface area contributed by atoms with Gasteiger partial charge in [0.15, 0.2) is 0 Å². The molecule has 2 aliphatic heterocycles. The molecular weight excluding hydrogens is 296 g/mol. The molecule has 2 aliphatic rings. The average molecular weight is 323 g/mol. The highest BCUT2D eigenvalue weighted by molar-refractivity contribution is 5.85. The van der Waals surface area contributed by atoms with Crippen LogP contribution in [0, 0.1) is 11.8 Å². The molecule has 0 spiro atoms. The topological polar surface area (TPSA) is 32.3 Å². The van der Waals surface area contributed by atoms with Crippen molar-refractivity contribution < 1.29 is 4.79 Å². The number of halogens is 1. The first-order valence-corrected chi connectivity index (χ1v) is 8.30. The quantitative estimate of drug-likeness (QED) is 0.927. The zero-order chi connectivity index (χ0) is 14.7. The highest BCUT2D eigenvalue weighted by Gasteiger charge is 2.32. The van der Waals surface area contributed by atoms with Crippen molar-refractivity contribution in [1.29, 1.82) is 0 Å². The van der Waals surface area contributed by atoms with Gasteiger partial charge in [-0.25, -0.2) is 0 Å². The molecule has 2 fully saturated rings. The number of carbonyl (C=O) groups is 1. The van der Waals surface area contributed by atoms with Crippen molar-refractivity contribution in [2.24, 2.45) is 11.8 Å². The summed E-state index contributed by atoms with van der Waals surface area (Å²) in [4.78, 5) is 14.7. The van der Waals surface area contributed by atoms with Gasteiger partial charge in [-0.1, -0.05) is 37.3 Å². The first-order valence-electron chi connectivity index (χ1n) is 8.30. The fraction of sp³-hybridized carbons (Fsp3) is 0.611. The standard InChI is InChI=1S/C18H26N2O.ClH/c1-14(17-12-19-13-17)18(21)20-10-5-8-16(9-11-20)15-6-3-2-4-7-15;/h2-4,6-7,14,16-17,19H,5,8-13H2,1H3;1H. The predicted octanol–water partition coefficient (Wildman–Crippen LogP) is 3.06. The van der Waals surface area contributed by atoms with Crippen LogP contribution in [0.5, 0.6) is 0 Å². The molecule has 1 N–H and O–H groups in total. The Bertz CT molecular complexity index is 475. The van der Waals surface area contributed by atoms with Gasteiger partial charge in [0.1, 0.15) is 0 Å². The summed E-state index contributed by atoms with van der Waals surface area (Å²) < 4.78 is 0. The summed E-state index contributed by atoms with van der Waals surface area (Å²) in [5.41, 5.74) is 1.43. The van der Waals surface area contributed by atoms with Crippen molar-refractivity contribution in [3.8, 4) is 0 Å². The third-order valence-corrected chi connectivity index (χ3v) is 5.22. The Morgan fingerprint density at radius 2 is 1.91 bits per heavy atom. The van der Waals surface area contributed by atoms with Crippen molar-refractivity contribution in [3.63, 3.8) is 0 Å². The molecule has 0 aromatic heterocycles. The van der Waals surface area contributed by atoms with Gasteiger partial charge < -0.3 is 10.2 Å². The average Bonchev–Trinajstić information content (AvgIpc) is 2.71. The van der Waals surface area contributed by atoms with E-state index in [4.69, 9.17) is 0 Å². The number of amides is 1. The Morgan fingerprint density at radius 3 is 2.55 bits per heavy atom. The third-order valence-electron chi connectivity index (χ3n) is 5.22. The summed E-state index contributed by atoms with van der Waals surface area (Å²) in [6.07, 6.45) is 3.43. The van der Waals surface area contributed by atoms with Crippen LogP contribution in [0.3, 0.4) is 0 Å². The highest BCUT2D eigenvalue weighted by atomic mass is 35.5. The van der Waals surface area contributed by atoms with Crippen molar-refractivity contribution >= 4 is 18.3 Å². The molecule has 2 atom stereocenters. The van der Waals surface area contributed by atoms with Crippen LogP contribution in [-0.2, 0) is 4.79 Å². The Morgan fingerprint density at radius 1 is 1.18 bits per heavy atom. The monoisotopic (exact) mass is 322 g/mol. The number of nitrogens with one attached hydrogen (secondary N) is 1. The number of hydrogen-bond acceptors (Lipinski definition) is 2. The molecule has 3 nitrogen and oxygen atoms in total. The van der Waals surface area contributed by atoms with E-state index >= 15 is 0 Å². The summed E-state index contributed by atoms with van der Waals surface area (Å²) in [5.74, 6) is 1.71. The first-order chi connectivity index (χ1) is 10.3. The number of nitrogens with zero attached hydrogens (tertiary/aromatic N) is 1. The molecule has 2 unspecified atom stereocenters. The SMILES string of the molecule is CC(C(=O)N1CCCC(c2ccccc2)CC1)C1CNC1.Cl. The van der Waals surface area contributed by atoms with Crippen LogP contribution in [0.15, 0.2) is 30.3 Å². The summed E-state index contributed by atoms with van der Waals surface area (Å²) >= 11 is 0.